The Morgan fingerprint density at radius 1 is 0.455 bits per heavy atom. The summed E-state index contributed by atoms with van der Waals surface area (Å²) in [5, 5.41) is 8.08. The molecule has 0 N–H and O–H groups in total. The van der Waals surface area contributed by atoms with Gasteiger partial charge >= 0.3 is 0 Å². The van der Waals surface area contributed by atoms with Crippen LogP contribution in [0.5, 0.6) is 0 Å². The number of hydrogen-bond donors (Lipinski definition) is 0. The third kappa shape index (κ3) is 8.01. The first-order chi connectivity index (χ1) is 26.8. The van der Waals surface area contributed by atoms with Crippen LogP contribution >= 0.6 is 0 Å². The van der Waals surface area contributed by atoms with Crippen molar-refractivity contribution in [3.8, 4) is 11.1 Å². The van der Waals surface area contributed by atoms with Crippen LogP contribution in [0.25, 0.3) is 54.6 Å². The number of rotatable bonds is 2. The molecule has 7 aromatic carbocycles. The summed E-state index contributed by atoms with van der Waals surface area (Å²) in [6.45, 7) is 23.3. The summed E-state index contributed by atoms with van der Waals surface area (Å²) < 4.78 is 0. The Labute approximate surface area is 332 Å². The molecule has 0 atom stereocenters. The van der Waals surface area contributed by atoms with Gasteiger partial charge in [-0.15, -0.1) is 0 Å². The minimum atomic E-state index is 0.0293. The fourth-order valence-electron chi connectivity index (χ4n) is 8.07. The van der Waals surface area contributed by atoms with Gasteiger partial charge in [-0.25, -0.2) is 0 Å². The molecule has 0 fully saturated rings. The number of aryl methyl sites for hydroxylation is 2. The highest BCUT2D eigenvalue weighted by Gasteiger charge is 2.35. The van der Waals surface area contributed by atoms with E-state index in [1.54, 1.807) is 0 Å². The standard InChI is InChI=1S/C30H28.C19H14.3C2H6/c1-20-10-5-6-13-24(20)27-18-22(12-9-11-21(27)2)23-16-17-26-25-14-7-8-15-28(25)30(3,4)29(26)19-23;1-13-10-11-18-16-8-3-2-6-14(16)15-7-4-5-9-17(15)19(18)12-13;3*1-2/h5-10,12-19H,11H2,1-4H3;2-12H,1H3;3*1-2H3. The highest BCUT2D eigenvalue weighted by molar-refractivity contribution is 6.25. The minimum Gasteiger partial charge on any atom is -0.0798 e. The second-order valence-electron chi connectivity index (χ2n) is 14.3. The highest BCUT2D eigenvalue weighted by atomic mass is 14.4. The quantitative estimate of drug-likeness (QED) is 0.156. The van der Waals surface area contributed by atoms with Crippen LogP contribution in [0.15, 0.2) is 157 Å². The Morgan fingerprint density at radius 2 is 0.964 bits per heavy atom. The van der Waals surface area contributed by atoms with Crippen LogP contribution in [0.1, 0.15) is 102 Å². The van der Waals surface area contributed by atoms with Gasteiger partial charge in [0.15, 0.2) is 0 Å². The average Bonchev–Trinajstić information content (AvgIpc) is 3.32. The predicted molar refractivity (Wildman–Crippen MR) is 247 cm³/mol. The average molecular weight is 721 g/mol. The Morgan fingerprint density at radius 3 is 1.58 bits per heavy atom. The molecule has 0 unspecified atom stereocenters. The van der Waals surface area contributed by atoms with Crippen LogP contribution in [0.3, 0.4) is 0 Å². The molecule has 280 valence electrons. The molecule has 0 saturated heterocycles. The summed E-state index contributed by atoms with van der Waals surface area (Å²) in [5.41, 5.74) is 15.0. The maximum absolute atomic E-state index is 2.42. The minimum absolute atomic E-state index is 0.0293. The van der Waals surface area contributed by atoms with Crippen LogP contribution < -0.4 is 0 Å². The van der Waals surface area contributed by atoms with Gasteiger partial charge in [0.25, 0.3) is 0 Å². The van der Waals surface area contributed by atoms with Crippen molar-refractivity contribution in [2.75, 3.05) is 0 Å². The lowest BCUT2D eigenvalue weighted by Gasteiger charge is -2.22. The van der Waals surface area contributed by atoms with Crippen molar-refractivity contribution in [2.45, 2.75) is 88.0 Å². The van der Waals surface area contributed by atoms with E-state index in [0.29, 0.717) is 0 Å². The third-order valence-corrected chi connectivity index (χ3v) is 10.7. The van der Waals surface area contributed by atoms with E-state index < -0.39 is 0 Å². The van der Waals surface area contributed by atoms with Crippen LogP contribution in [0, 0.1) is 13.8 Å². The number of allylic oxidation sites excluding steroid dienone is 6. The van der Waals surface area contributed by atoms with E-state index in [9.17, 15) is 0 Å². The van der Waals surface area contributed by atoms with Crippen molar-refractivity contribution >= 4 is 43.5 Å². The molecule has 0 aliphatic heterocycles. The fraction of sp³-hybridized carbons (Fsp3) is 0.236. The first-order valence-corrected chi connectivity index (χ1v) is 20.5. The maximum atomic E-state index is 2.42. The SMILES string of the molecule is CC.CC.CC.CC1=C(c2ccccc2C)C=C(c2ccc3c(c2)C(C)(C)c2ccccc2-3)C=CC1.Cc1ccc2c3ccccc3c3ccccc3c2c1. The van der Waals surface area contributed by atoms with Gasteiger partial charge in [0.2, 0.25) is 0 Å². The molecule has 0 bridgehead atoms. The van der Waals surface area contributed by atoms with Gasteiger partial charge in [-0.2, -0.15) is 0 Å². The normalized spacial score (nSPS) is 13.4. The Balaban J connectivity index is 0.000000199. The smallest absolute Gasteiger partial charge is 0.0159 e. The zero-order valence-corrected chi connectivity index (χ0v) is 35.1. The van der Waals surface area contributed by atoms with Crippen molar-refractivity contribution in [2.24, 2.45) is 0 Å². The Kier molecular flexibility index (Phi) is 13.5. The summed E-state index contributed by atoms with van der Waals surface area (Å²) in [5.74, 6) is 0. The predicted octanol–water partition coefficient (Wildman–Crippen LogP) is 16.7. The second kappa shape index (κ2) is 18.2. The molecule has 0 aromatic heterocycles. The van der Waals surface area contributed by atoms with E-state index in [4.69, 9.17) is 0 Å². The molecular weight excluding hydrogens is 661 g/mol. The molecule has 0 radical (unpaired) electrons. The van der Waals surface area contributed by atoms with Gasteiger partial charge in [0.05, 0.1) is 0 Å². The zero-order valence-electron chi connectivity index (χ0n) is 35.1. The molecule has 2 aliphatic carbocycles. The summed E-state index contributed by atoms with van der Waals surface area (Å²) in [7, 11) is 0. The van der Waals surface area contributed by atoms with Gasteiger partial charge in [-0.3, -0.25) is 0 Å². The van der Waals surface area contributed by atoms with Gasteiger partial charge in [0.1, 0.15) is 0 Å². The number of fused-ring (bicyclic) bond motifs is 9. The van der Waals surface area contributed by atoms with E-state index in [-0.39, 0.29) is 5.41 Å². The monoisotopic (exact) mass is 720 g/mol. The van der Waals surface area contributed by atoms with Crippen molar-refractivity contribution in [3.63, 3.8) is 0 Å². The summed E-state index contributed by atoms with van der Waals surface area (Å²) >= 11 is 0. The lowest BCUT2D eigenvalue weighted by Crippen LogP contribution is -2.15. The molecule has 0 saturated carbocycles. The molecular formula is C55H60. The Bertz CT molecular complexity index is 2480. The number of benzene rings is 7. The largest absolute Gasteiger partial charge is 0.0798 e. The Hall–Kier alpha value is -5.46. The maximum Gasteiger partial charge on any atom is 0.0159 e. The molecule has 0 heterocycles. The second-order valence-corrected chi connectivity index (χ2v) is 14.3. The van der Waals surface area contributed by atoms with Crippen molar-refractivity contribution < 1.29 is 0 Å². The first kappa shape index (κ1) is 40.7. The summed E-state index contributed by atoms with van der Waals surface area (Å²) in [6.07, 6.45) is 7.98. The van der Waals surface area contributed by atoms with Gasteiger partial charge in [-0.1, -0.05) is 206 Å². The molecule has 7 aromatic rings. The van der Waals surface area contributed by atoms with Crippen LogP contribution in [-0.4, -0.2) is 0 Å². The number of hydrogen-bond acceptors (Lipinski definition) is 0. The lowest BCUT2D eigenvalue weighted by atomic mass is 9.81. The van der Waals surface area contributed by atoms with Crippen LogP contribution in [0.2, 0.25) is 0 Å². The zero-order chi connectivity index (χ0) is 39.7. The molecule has 9 rings (SSSR count). The van der Waals surface area contributed by atoms with Crippen LogP contribution in [-0.2, 0) is 5.41 Å². The van der Waals surface area contributed by atoms with E-state index in [0.717, 1.165) is 6.42 Å². The van der Waals surface area contributed by atoms with E-state index in [1.165, 1.54) is 93.5 Å². The van der Waals surface area contributed by atoms with Crippen molar-refractivity contribution in [1.29, 1.82) is 0 Å². The summed E-state index contributed by atoms with van der Waals surface area (Å²) in [6, 6.07) is 48.7. The van der Waals surface area contributed by atoms with Gasteiger partial charge in [0, 0.05) is 5.41 Å². The lowest BCUT2D eigenvalue weighted by molar-refractivity contribution is 0.660. The molecule has 0 amide bonds. The molecule has 0 heteroatoms. The van der Waals surface area contributed by atoms with E-state index >= 15 is 0 Å². The van der Waals surface area contributed by atoms with Gasteiger partial charge < -0.3 is 0 Å². The summed E-state index contributed by atoms with van der Waals surface area (Å²) in [4.78, 5) is 0. The van der Waals surface area contributed by atoms with Gasteiger partial charge in [-0.05, 0) is 122 Å². The third-order valence-electron chi connectivity index (χ3n) is 10.7. The molecule has 2 aliphatic rings. The molecule has 0 nitrogen and oxygen atoms in total. The topological polar surface area (TPSA) is 0 Å². The fourth-order valence-corrected chi connectivity index (χ4v) is 8.07. The van der Waals surface area contributed by atoms with E-state index in [2.05, 4.69) is 186 Å². The van der Waals surface area contributed by atoms with Crippen LogP contribution in [0.4, 0.5) is 0 Å². The highest BCUT2D eigenvalue weighted by Crippen LogP contribution is 2.49. The van der Waals surface area contributed by atoms with E-state index in [1.807, 2.05) is 41.5 Å². The van der Waals surface area contributed by atoms with Crippen molar-refractivity contribution in [3.05, 3.63) is 191 Å². The van der Waals surface area contributed by atoms with Crippen molar-refractivity contribution in [1.82, 2.24) is 0 Å². The molecule has 55 heavy (non-hydrogen) atoms. The first-order valence-electron chi connectivity index (χ1n) is 20.5. The molecule has 0 spiro atoms.